The summed E-state index contributed by atoms with van der Waals surface area (Å²) < 4.78 is 4.68. The summed E-state index contributed by atoms with van der Waals surface area (Å²) in [6.07, 6.45) is 2.07. The molecule has 21 heavy (non-hydrogen) atoms. The molecule has 1 aliphatic carbocycles. The Kier molecular flexibility index (Phi) is 5.59. The number of hydrogen-bond acceptors (Lipinski definition) is 4. The molecule has 0 saturated heterocycles. The van der Waals surface area contributed by atoms with Crippen molar-refractivity contribution < 1.29 is 14.3 Å². The predicted molar refractivity (Wildman–Crippen MR) is 79.9 cm³/mol. The molecule has 6 heteroatoms. The van der Waals surface area contributed by atoms with Gasteiger partial charge in [-0.05, 0) is 24.5 Å². The first kappa shape index (κ1) is 15.8. The fourth-order valence-electron chi connectivity index (χ4n) is 1.99. The molecule has 114 valence electrons. The highest BCUT2D eigenvalue weighted by Gasteiger charge is 2.24. The standard InChI is InChI=1S/C15H19ClN2O3/c1-21-15(20)10-18(9-14(19)17-12-6-7-12)8-11-4-2-3-5-13(11)16/h2-5,12H,6-10H2,1H3,(H,17,19). The van der Waals surface area contributed by atoms with Crippen LogP contribution in [0.3, 0.4) is 0 Å². The molecule has 1 aromatic carbocycles. The number of rotatable bonds is 7. The van der Waals surface area contributed by atoms with Crippen LogP contribution in [0.1, 0.15) is 18.4 Å². The number of methoxy groups -OCH3 is 1. The van der Waals surface area contributed by atoms with Gasteiger partial charge in [0.2, 0.25) is 5.91 Å². The molecular weight excluding hydrogens is 292 g/mol. The first-order valence-electron chi connectivity index (χ1n) is 6.90. The van der Waals surface area contributed by atoms with E-state index in [1.807, 2.05) is 18.2 Å². The monoisotopic (exact) mass is 310 g/mol. The summed E-state index contributed by atoms with van der Waals surface area (Å²) in [6.45, 7) is 0.628. The molecule has 0 aromatic heterocycles. The van der Waals surface area contributed by atoms with E-state index < -0.39 is 0 Å². The van der Waals surface area contributed by atoms with Gasteiger partial charge in [-0.1, -0.05) is 29.8 Å². The van der Waals surface area contributed by atoms with E-state index in [-0.39, 0.29) is 25.0 Å². The topological polar surface area (TPSA) is 58.6 Å². The molecule has 0 heterocycles. The Labute approximate surface area is 129 Å². The minimum Gasteiger partial charge on any atom is -0.468 e. The number of halogens is 1. The minimum absolute atomic E-state index is 0.0554. The van der Waals surface area contributed by atoms with Crippen molar-refractivity contribution in [3.05, 3.63) is 34.9 Å². The molecule has 5 nitrogen and oxygen atoms in total. The average molecular weight is 311 g/mol. The number of ether oxygens (including phenoxy) is 1. The normalized spacial score (nSPS) is 14.0. The lowest BCUT2D eigenvalue weighted by atomic mass is 10.2. The second kappa shape index (κ2) is 7.43. The molecule has 1 amide bonds. The van der Waals surface area contributed by atoms with Crippen LogP contribution in [0.4, 0.5) is 0 Å². The highest BCUT2D eigenvalue weighted by molar-refractivity contribution is 6.31. The van der Waals surface area contributed by atoms with E-state index in [1.54, 1.807) is 11.0 Å². The Balaban J connectivity index is 1.98. The van der Waals surface area contributed by atoms with E-state index in [4.69, 9.17) is 11.6 Å². The van der Waals surface area contributed by atoms with Crippen LogP contribution in [0.25, 0.3) is 0 Å². The van der Waals surface area contributed by atoms with E-state index in [0.717, 1.165) is 18.4 Å². The lowest BCUT2D eigenvalue weighted by Crippen LogP contribution is -2.40. The minimum atomic E-state index is -0.374. The number of carbonyl (C=O) groups is 2. The largest absolute Gasteiger partial charge is 0.468 e. The molecule has 0 bridgehead atoms. The van der Waals surface area contributed by atoms with E-state index in [2.05, 4.69) is 10.1 Å². The molecule has 1 aromatic rings. The zero-order chi connectivity index (χ0) is 15.2. The molecular formula is C15H19ClN2O3. The van der Waals surface area contributed by atoms with Gasteiger partial charge in [0.15, 0.2) is 0 Å². The molecule has 2 rings (SSSR count). The Morgan fingerprint density at radius 1 is 1.33 bits per heavy atom. The van der Waals surface area contributed by atoms with Crippen molar-refractivity contribution in [1.29, 1.82) is 0 Å². The lowest BCUT2D eigenvalue weighted by Gasteiger charge is -2.21. The Hall–Kier alpha value is -1.59. The van der Waals surface area contributed by atoms with Crippen molar-refractivity contribution in [2.75, 3.05) is 20.2 Å². The fourth-order valence-corrected chi connectivity index (χ4v) is 2.18. The molecule has 1 fully saturated rings. The van der Waals surface area contributed by atoms with Crippen LogP contribution in [0.5, 0.6) is 0 Å². The van der Waals surface area contributed by atoms with Crippen molar-refractivity contribution in [3.63, 3.8) is 0 Å². The van der Waals surface area contributed by atoms with Gasteiger partial charge >= 0.3 is 5.97 Å². The number of hydrogen-bond donors (Lipinski definition) is 1. The summed E-state index contributed by atoms with van der Waals surface area (Å²) in [7, 11) is 1.33. The second-order valence-corrected chi connectivity index (χ2v) is 5.56. The number of amides is 1. The predicted octanol–water partition coefficient (Wildman–Crippen LogP) is 1.59. The van der Waals surface area contributed by atoms with Crippen molar-refractivity contribution in [3.8, 4) is 0 Å². The first-order valence-corrected chi connectivity index (χ1v) is 7.28. The molecule has 0 unspecified atom stereocenters. The van der Waals surface area contributed by atoms with Crippen molar-refractivity contribution >= 4 is 23.5 Å². The third kappa shape index (κ3) is 5.36. The average Bonchev–Trinajstić information content (AvgIpc) is 3.24. The first-order chi connectivity index (χ1) is 10.1. The number of nitrogens with zero attached hydrogens (tertiary/aromatic N) is 1. The maximum absolute atomic E-state index is 11.9. The van der Waals surface area contributed by atoms with Gasteiger partial charge in [0.25, 0.3) is 0 Å². The summed E-state index contributed by atoms with van der Waals surface area (Å²) in [4.78, 5) is 25.1. The molecule has 0 aliphatic heterocycles. The maximum Gasteiger partial charge on any atom is 0.319 e. The number of carbonyl (C=O) groups excluding carboxylic acids is 2. The Morgan fingerprint density at radius 3 is 2.67 bits per heavy atom. The van der Waals surface area contributed by atoms with Gasteiger partial charge in [0.05, 0.1) is 20.2 Å². The quantitative estimate of drug-likeness (QED) is 0.777. The fraction of sp³-hybridized carbons (Fsp3) is 0.467. The third-order valence-corrected chi connectivity index (χ3v) is 3.61. The number of nitrogens with one attached hydrogen (secondary N) is 1. The lowest BCUT2D eigenvalue weighted by molar-refractivity contribution is -0.142. The molecule has 1 aliphatic rings. The summed E-state index contributed by atoms with van der Waals surface area (Å²) in [5.74, 6) is -0.449. The van der Waals surface area contributed by atoms with E-state index >= 15 is 0 Å². The molecule has 0 atom stereocenters. The van der Waals surface area contributed by atoms with Crippen molar-refractivity contribution in [1.82, 2.24) is 10.2 Å². The van der Waals surface area contributed by atoms with Crippen molar-refractivity contribution in [2.45, 2.75) is 25.4 Å². The molecule has 0 radical (unpaired) electrons. The van der Waals surface area contributed by atoms with Crippen LogP contribution in [-0.4, -0.2) is 43.0 Å². The van der Waals surface area contributed by atoms with Gasteiger partial charge < -0.3 is 10.1 Å². The summed E-state index contributed by atoms with van der Waals surface area (Å²) in [6, 6.07) is 7.69. The maximum atomic E-state index is 11.9. The number of esters is 1. The Morgan fingerprint density at radius 2 is 2.05 bits per heavy atom. The van der Waals surface area contributed by atoms with Gasteiger partial charge in [0.1, 0.15) is 0 Å². The van der Waals surface area contributed by atoms with E-state index in [1.165, 1.54) is 7.11 Å². The zero-order valence-corrected chi connectivity index (χ0v) is 12.7. The molecule has 0 spiro atoms. The smallest absolute Gasteiger partial charge is 0.319 e. The van der Waals surface area contributed by atoms with Gasteiger partial charge in [-0.15, -0.1) is 0 Å². The van der Waals surface area contributed by atoms with Crippen LogP contribution < -0.4 is 5.32 Å². The van der Waals surface area contributed by atoms with Gasteiger partial charge in [0, 0.05) is 17.6 Å². The van der Waals surface area contributed by atoms with Gasteiger partial charge in [-0.3, -0.25) is 14.5 Å². The van der Waals surface area contributed by atoms with Crippen molar-refractivity contribution in [2.24, 2.45) is 0 Å². The van der Waals surface area contributed by atoms with Crippen LogP contribution in [0.2, 0.25) is 5.02 Å². The molecule has 1 N–H and O–H groups in total. The van der Waals surface area contributed by atoms with Crippen LogP contribution >= 0.6 is 11.6 Å². The second-order valence-electron chi connectivity index (χ2n) is 5.15. The summed E-state index contributed by atoms with van der Waals surface area (Å²) in [5.41, 5.74) is 0.877. The summed E-state index contributed by atoms with van der Waals surface area (Å²) >= 11 is 6.13. The Bertz CT molecular complexity index is 517. The number of benzene rings is 1. The third-order valence-electron chi connectivity index (χ3n) is 3.24. The van der Waals surface area contributed by atoms with Gasteiger partial charge in [-0.2, -0.15) is 0 Å². The highest BCUT2D eigenvalue weighted by atomic mass is 35.5. The van der Waals surface area contributed by atoms with Crippen LogP contribution in [0.15, 0.2) is 24.3 Å². The van der Waals surface area contributed by atoms with Crippen LogP contribution in [0, 0.1) is 0 Å². The van der Waals surface area contributed by atoms with Crippen LogP contribution in [-0.2, 0) is 20.9 Å². The SMILES string of the molecule is COC(=O)CN(CC(=O)NC1CC1)Cc1ccccc1Cl. The molecule has 1 saturated carbocycles. The highest BCUT2D eigenvalue weighted by Crippen LogP contribution is 2.19. The van der Waals surface area contributed by atoms with Gasteiger partial charge in [-0.25, -0.2) is 0 Å². The van der Waals surface area contributed by atoms with E-state index in [0.29, 0.717) is 17.6 Å². The van der Waals surface area contributed by atoms with E-state index in [9.17, 15) is 9.59 Å². The zero-order valence-electron chi connectivity index (χ0n) is 12.0. The summed E-state index contributed by atoms with van der Waals surface area (Å²) in [5, 5.41) is 3.53.